The van der Waals surface area contributed by atoms with Gasteiger partial charge in [0.2, 0.25) is 0 Å². The number of thiophene rings is 1. The number of fused-ring (bicyclic) bond motifs is 2. The quantitative estimate of drug-likeness (QED) is 0.776. The van der Waals surface area contributed by atoms with Crippen molar-refractivity contribution in [1.29, 1.82) is 0 Å². The van der Waals surface area contributed by atoms with Gasteiger partial charge in [-0.15, -0.1) is 11.3 Å². The van der Waals surface area contributed by atoms with Gasteiger partial charge in [-0.05, 0) is 44.4 Å². The second-order valence-corrected chi connectivity index (χ2v) is 6.76. The lowest BCUT2D eigenvalue weighted by molar-refractivity contribution is 0.0751. The van der Waals surface area contributed by atoms with Crippen LogP contribution in [-0.4, -0.2) is 48.4 Å². The Balaban J connectivity index is 1.73. The average Bonchev–Trinajstić information content (AvgIpc) is 2.74. The van der Waals surface area contributed by atoms with Gasteiger partial charge in [-0.2, -0.15) is 0 Å². The number of nitrogens with zero attached hydrogens (tertiary/aromatic N) is 2. The van der Waals surface area contributed by atoms with Crippen LogP contribution in [0.25, 0.3) is 0 Å². The van der Waals surface area contributed by atoms with Gasteiger partial charge in [0, 0.05) is 31.1 Å². The van der Waals surface area contributed by atoms with E-state index < -0.39 is 0 Å². The lowest BCUT2D eigenvalue weighted by atomic mass is 9.98. The number of rotatable bonds is 1. The monoisotopic (exact) mass is 264 g/mol. The molecule has 3 nitrogen and oxygen atoms in total. The van der Waals surface area contributed by atoms with Crippen LogP contribution in [0.2, 0.25) is 0 Å². The summed E-state index contributed by atoms with van der Waals surface area (Å²) < 4.78 is 0. The second kappa shape index (κ2) is 5.02. The molecule has 0 aliphatic carbocycles. The number of amides is 1. The minimum absolute atomic E-state index is 0.238. The first-order valence-electron chi connectivity index (χ1n) is 6.80. The van der Waals surface area contributed by atoms with Crippen LogP contribution in [-0.2, 0) is 0 Å². The van der Waals surface area contributed by atoms with Crippen molar-refractivity contribution in [3.05, 3.63) is 21.9 Å². The topological polar surface area (TPSA) is 23.6 Å². The number of carbonyl (C=O) groups excluding carboxylic acids is 1. The molecule has 2 aliphatic heterocycles. The van der Waals surface area contributed by atoms with E-state index in [9.17, 15) is 4.79 Å². The van der Waals surface area contributed by atoms with E-state index in [-0.39, 0.29) is 5.91 Å². The predicted octanol–water partition coefficient (Wildman–Crippen LogP) is 2.22. The molecular weight excluding hydrogens is 244 g/mol. The highest BCUT2D eigenvalue weighted by molar-refractivity contribution is 7.13. The third-order valence-corrected chi connectivity index (χ3v) is 4.99. The molecule has 0 radical (unpaired) electrons. The van der Waals surface area contributed by atoms with Gasteiger partial charge in [0.05, 0.1) is 4.88 Å². The Hall–Kier alpha value is -0.870. The molecule has 0 saturated carbocycles. The summed E-state index contributed by atoms with van der Waals surface area (Å²) in [6.07, 6.45) is 2.58. The lowest BCUT2D eigenvalue weighted by Crippen LogP contribution is -2.35. The highest BCUT2D eigenvalue weighted by Crippen LogP contribution is 2.23. The van der Waals surface area contributed by atoms with Crippen molar-refractivity contribution in [2.45, 2.75) is 19.8 Å². The lowest BCUT2D eigenvalue weighted by Gasteiger charge is -2.29. The highest BCUT2D eigenvalue weighted by atomic mass is 32.1. The summed E-state index contributed by atoms with van der Waals surface area (Å²) in [7, 11) is 0. The number of piperidine rings is 1. The van der Waals surface area contributed by atoms with Crippen molar-refractivity contribution in [1.82, 2.24) is 9.80 Å². The van der Waals surface area contributed by atoms with Crippen LogP contribution in [0, 0.1) is 12.8 Å². The summed E-state index contributed by atoms with van der Waals surface area (Å²) in [6, 6.07) is 4.01. The molecule has 2 aliphatic rings. The van der Waals surface area contributed by atoms with E-state index in [1.54, 1.807) is 11.3 Å². The van der Waals surface area contributed by atoms with E-state index in [2.05, 4.69) is 16.7 Å². The maximum Gasteiger partial charge on any atom is 0.263 e. The molecule has 2 bridgehead atoms. The predicted molar refractivity (Wildman–Crippen MR) is 74.1 cm³/mol. The van der Waals surface area contributed by atoms with Crippen LogP contribution >= 0.6 is 11.3 Å². The van der Waals surface area contributed by atoms with Crippen molar-refractivity contribution >= 4 is 17.2 Å². The molecule has 3 rings (SSSR count). The second-order valence-electron chi connectivity index (χ2n) is 5.47. The molecule has 0 spiro atoms. The molecule has 3 heterocycles. The zero-order valence-corrected chi connectivity index (χ0v) is 11.7. The van der Waals surface area contributed by atoms with E-state index in [0.717, 1.165) is 24.5 Å². The number of hydrogen-bond donors (Lipinski definition) is 0. The summed E-state index contributed by atoms with van der Waals surface area (Å²) >= 11 is 1.62. The Kier molecular flexibility index (Phi) is 3.39. The van der Waals surface area contributed by atoms with Gasteiger partial charge in [0.1, 0.15) is 0 Å². The Morgan fingerprint density at radius 3 is 2.94 bits per heavy atom. The van der Waals surface area contributed by atoms with Gasteiger partial charge < -0.3 is 9.80 Å². The molecule has 2 fully saturated rings. The maximum absolute atomic E-state index is 12.5. The van der Waals surface area contributed by atoms with Crippen LogP contribution < -0.4 is 0 Å². The number of hydrogen-bond acceptors (Lipinski definition) is 3. The van der Waals surface area contributed by atoms with E-state index in [1.165, 1.54) is 30.8 Å². The molecule has 0 N–H and O–H groups in total. The molecule has 0 aromatic carbocycles. The highest BCUT2D eigenvalue weighted by Gasteiger charge is 2.28. The Labute approximate surface area is 112 Å². The first kappa shape index (κ1) is 12.2. The molecule has 98 valence electrons. The Bertz CT molecular complexity index is 443. The van der Waals surface area contributed by atoms with Gasteiger partial charge in [0.25, 0.3) is 5.91 Å². The summed E-state index contributed by atoms with van der Waals surface area (Å²) in [4.78, 5) is 19.2. The molecular formula is C14H20N2OS. The minimum Gasteiger partial charge on any atom is -0.336 e. The molecule has 2 unspecified atom stereocenters. The molecule has 1 amide bonds. The normalized spacial score (nSPS) is 27.9. The van der Waals surface area contributed by atoms with Crippen molar-refractivity contribution in [2.75, 3.05) is 32.7 Å². The van der Waals surface area contributed by atoms with Crippen LogP contribution in [0.5, 0.6) is 0 Å². The fourth-order valence-corrected chi connectivity index (χ4v) is 3.89. The average molecular weight is 264 g/mol. The summed E-state index contributed by atoms with van der Waals surface area (Å²) in [6.45, 7) is 7.36. The van der Waals surface area contributed by atoms with Gasteiger partial charge in [0.15, 0.2) is 0 Å². The third kappa shape index (κ3) is 2.45. The van der Waals surface area contributed by atoms with E-state index in [4.69, 9.17) is 0 Å². The van der Waals surface area contributed by atoms with Crippen molar-refractivity contribution < 1.29 is 4.79 Å². The maximum atomic E-state index is 12.5. The molecule has 1 aromatic heterocycles. The Morgan fingerprint density at radius 1 is 1.28 bits per heavy atom. The van der Waals surface area contributed by atoms with Crippen molar-refractivity contribution in [3.63, 3.8) is 0 Å². The fourth-order valence-electron chi connectivity index (χ4n) is 3.06. The van der Waals surface area contributed by atoms with Gasteiger partial charge in [-0.25, -0.2) is 0 Å². The zero-order chi connectivity index (χ0) is 12.5. The van der Waals surface area contributed by atoms with Crippen LogP contribution in [0.4, 0.5) is 0 Å². The van der Waals surface area contributed by atoms with E-state index in [0.29, 0.717) is 5.92 Å². The molecule has 1 aromatic rings. The van der Waals surface area contributed by atoms with Crippen molar-refractivity contribution in [2.24, 2.45) is 5.92 Å². The van der Waals surface area contributed by atoms with Crippen LogP contribution in [0.1, 0.15) is 27.4 Å². The van der Waals surface area contributed by atoms with Crippen LogP contribution in [0.15, 0.2) is 12.1 Å². The fraction of sp³-hybridized carbons (Fsp3) is 0.643. The SMILES string of the molecule is Cc1ccc(C(=O)N2CCN3CCCC(C3)C2)s1. The number of carbonyl (C=O) groups is 1. The van der Waals surface area contributed by atoms with Gasteiger partial charge in [-0.1, -0.05) is 0 Å². The smallest absolute Gasteiger partial charge is 0.263 e. The van der Waals surface area contributed by atoms with Gasteiger partial charge >= 0.3 is 0 Å². The largest absolute Gasteiger partial charge is 0.336 e. The van der Waals surface area contributed by atoms with E-state index >= 15 is 0 Å². The van der Waals surface area contributed by atoms with E-state index in [1.807, 2.05) is 12.1 Å². The van der Waals surface area contributed by atoms with Gasteiger partial charge in [-0.3, -0.25) is 4.79 Å². The molecule has 2 atom stereocenters. The minimum atomic E-state index is 0.238. The van der Waals surface area contributed by atoms with Crippen LogP contribution in [0.3, 0.4) is 0 Å². The summed E-state index contributed by atoms with van der Waals surface area (Å²) in [5.74, 6) is 0.924. The van der Waals surface area contributed by atoms with Crippen molar-refractivity contribution in [3.8, 4) is 0 Å². The standard InChI is InChI=1S/C14H20N2OS/c1-11-4-5-13(18-11)14(17)16-8-7-15-6-2-3-12(9-15)10-16/h4-5,12H,2-3,6-10H2,1H3. The molecule has 2 saturated heterocycles. The molecule has 4 heteroatoms. The molecule has 18 heavy (non-hydrogen) atoms. The first-order valence-corrected chi connectivity index (χ1v) is 7.62. The Morgan fingerprint density at radius 2 is 2.17 bits per heavy atom. The summed E-state index contributed by atoms with van der Waals surface area (Å²) in [5.41, 5.74) is 0. The summed E-state index contributed by atoms with van der Waals surface area (Å²) in [5, 5.41) is 0. The third-order valence-electron chi connectivity index (χ3n) is 4.01. The zero-order valence-electron chi connectivity index (χ0n) is 10.9. The first-order chi connectivity index (χ1) is 8.72. The number of aryl methyl sites for hydroxylation is 1.